The van der Waals surface area contributed by atoms with Gasteiger partial charge < -0.3 is 41.4 Å². The second-order valence-corrected chi connectivity index (χ2v) is 42.3. The van der Waals surface area contributed by atoms with E-state index in [1.54, 1.807) is 0 Å². The fourth-order valence-electron chi connectivity index (χ4n) is 17.6. The number of alkyl halides is 6. The molecule has 3 spiro atoms. The molecule has 6 fully saturated rings. The van der Waals surface area contributed by atoms with E-state index in [0.29, 0.717) is 68.0 Å². The number of hydrogen-bond donors (Lipinski definition) is 0. The summed E-state index contributed by atoms with van der Waals surface area (Å²) in [4.78, 5) is -0.920. The third-order valence-corrected chi connectivity index (χ3v) is 34.4. The van der Waals surface area contributed by atoms with Gasteiger partial charge in [-0.1, -0.05) is 37.2 Å². The van der Waals surface area contributed by atoms with E-state index < -0.39 is 191 Å². The first-order valence-corrected chi connectivity index (χ1v) is 44.5. The third-order valence-electron chi connectivity index (χ3n) is 22.7. The highest BCUT2D eigenvalue weighted by Gasteiger charge is 2.70. The van der Waals surface area contributed by atoms with Crippen LogP contribution in [0.3, 0.4) is 0 Å². The molecular weight excluding hydrogens is 1570 g/mol. The van der Waals surface area contributed by atoms with Gasteiger partial charge in [-0.15, -0.1) is 0 Å². The zero-order valence-corrected chi connectivity index (χ0v) is 62.6. The van der Waals surface area contributed by atoms with E-state index in [1.807, 2.05) is 6.66 Å². The van der Waals surface area contributed by atoms with Gasteiger partial charge in [0.15, 0.2) is 64.2 Å². The van der Waals surface area contributed by atoms with Gasteiger partial charge in [-0.3, -0.25) is 9.13 Å². The number of fused-ring (bicyclic) bond motifs is 12. The minimum Gasteiger partial charge on any atom is -0.490 e. The SMILES string of the molecule is C=P1(C)OCC[C@]2(CCC[C@@]3(S(=O)(=O)c4ccc(Cl)cc4)c4c(F)ccc(F)c4OC[C@@H]23)CO1.CP1(=O)OCC2(CCC[C@@]3(S(=O)(=O)c4ccc(C(F)(F)F)cc4)c4c(F)ccc(F)c4OC[C@@H]23)CO1.CP1(=O)OCC2(CCC[C@@]3(S(=O)(=O)c4ccc(C(F)(F)F)cc4)c4c(F)ccc(F)c4OC[C@@H]23)CO1. The molecule has 0 amide bonds. The average Bonchev–Trinajstić information content (AvgIpc) is 0.728. The van der Waals surface area contributed by atoms with Gasteiger partial charge in [0.05, 0.1) is 102 Å². The summed E-state index contributed by atoms with van der Waals surface area (Å²) in [5.41, 5.74) is -6.12. The van der Waals surface area contributed by atoms with E-state index in [1.165, 1.54) is 37.6 Å². The van der Waals surface area contributed by atoms with Crippen molar-refractivity contribution < 1.29 is 128 Å². The third kappa shape index (κ3) is 13.0. The molecule has 6 heterocycles. The van der Waals surface area contributed by atoms with Gasteiger partial charge in [-0.2, -0.15) is 26.3 Å². The zero-order chi connectivity index (χ0) is 76.7. The van der Waals surface area contributed by atoms with Gasteiger partial charge in [0.1, 0.15) is 39.0 Å². The monoisotopic (exact) mass is 1630 g/mol. The molecular formula is C70H70ClF12O17P3S3. The Labute approximate surface area is 608 Å². The van der Waals surface area contributed by atoms with Crippen LogP contribution in [0.5, 0.6) is 17.2 Å². The molecule has 9 aliphatic rings. The van der Waals surface area contributed by atoms with Crippen molar-refractivity contribution in [2.24, 2.45) is 34.0 Å². The number of rotatable bonds is 6. The molecule has 0 bridgehead atoms. The normalized spacial score (nSPS) is 32.8. The van der Waals surface area contributed by atoms with Gasteiger partial charge in [0.2, 0.25) is 0 Å². The highest BCUT2D eigenvalue weighted by molar-refractivity contribution is 7.93. The molecule has 1 unspecified atom stereocenters. The van der Waals surface area contributed by atoms with Crippen molar-refractivity contribution in [3.05, 3.63) is 177 Å². The van der Waals surface area contributed by atoms with Crippen molar-refractivity contribution >= 4 is 69.9 Å². The second kappa shape index (κ2) is 27.5. The molecule has 3 saturated heterocycles. The van der Waals surface area contributed by atoms with Crippen LogP contribution in [0.15, 0.2) is 124 Å². The van der Waals surface area contributed by atoms with Crippen LogP contribution in [0.4, 0.5) is 52.7 Å². The number of halogens is 13. The van der Waals surface area contributed by atoms with Crippen LogP contribution >= 0.6 is 34.1 Å². The van der Waals surface area contributed by atoms with E-state index in [4.69, 9.17) is 53.0 Å². The largest absolute Gasteiger partial charge is 0.490 e. The summed E-state index contributed by atoms with van der Waals surface area (Å²) in [6.07, 6.45) is -2.60. The summed E-state index contributed by atoms with van der Waals surface area (Å²) in [6, 6.07) is 16.9. The van der Waals surface area contributed by atoms with Gasteiger partial charge in [0, 0.05) is 59.0 Å². The Morgan fingerprint density at radius 2 is 0.679 bits per heavy atom. The second-order valence-electron chi connectivity index (χ2n) is 28.6. The summed E-state index contributed by atoms with van der Waals surface area (Å²) in [5, 5.41) is 0.380. The van der Waals surface area contributed by atoms with Crippen LogP contribution < -0.4 is 14.2 Å². The maximum Gasteiger partial charge on any atom is 0.416 e. The molecule has 106 heavy (non-hydrogen) atoms. The molecule has 0 N–H and O–H groups in total. The summed E-state index contributed by atoms with van der Waals surface area (Å²) >= 11 is 6.01. The maximum atomic E-state index is 15.5. The van der Waals surface area contributed by atoms with E-state index in [0.717, 1.165) is 60.7 Å². The number of hydrogen-bond acceptors (Lipinski definition) is 17. The molecule has 0 aromatic heterocycles. The summed E-state index contributed by atoms with van der Waals surface area (Å²) < 4.78 is 325. The van der Waals surface area contributed by atoms with Crippen molar-refractivity contribution in [3.63, 3.8) is 0 Å². The minimum atomic E-state index is -4.69. The van der Waals surface area contributed by atoms with Crippen LogP contribution in [0.25, 0.3) is 0 Å². The topological polar surface area (TPSA) is 220 Å². The molecule has 15 rings (SSSR count). The van der Waals surface area contributed by atoms with E-state index in [9.17, 15) is 73.9 Å². The minimum absolute atomic E-state index is 0.00995. The molecule has 3 saturated carbocycles. The lowest BCUT2D eigenvalue weighted by atomic mass is 9.58. The van der Waals surface area contributed by atoms with Gasteiger partial charge in [-0.25, -0.2) is 51.6 Å². The molecule has 36 heteroatoms. The molecule has 6 aromatic rings. The number of benzene rings is 6. The van der Waals surface area contributed by atoms with Gasteiger partial charge >= 0.3 is 27.5 Å². The first-order chi connectivity index (χ1) is 49.5. The molecule has 17 nitrogen and oxygen atoms in total. The Bertz CT molecular complexity index is 4750. The molecule has 8 atom stereocenters. The van der Waals surface area contributed by atoms with E-state index >= 15 is 13.2 Å². The van der Waals surface area contributed by atoms with Crippen molar-refractivity contribution in [3.8, 4) is 17.2 Å². The average molecular weight is 1640 g/mol. The lowest BCUT2D eigenvalue weighted by Gasteiger charge is -2.57. The van der Waals surface area contributed by atoms with Crippen LogP contribution in [-0.2, 0) is 92.4 Å². The molecule has 576 valence electrons. The molecule has 6 aromatic carbocycles. The smallest absolute Gasteiger partial charge is 0.416 e. The van der Waals surface area contributed by atoms with Crippen molar-refractivity contribution in [2.75, 3.05) is 79.5 Å². The van der Waals surface area contributed by atoms with Crippen molar-refractivity contribution in [2.45, 2.75) is 105 Å². The first kappa shape index (κ1) is 78.7. The lowest BCUT2D eigenvalue weighted by Crippen LogP contribution is -2.61. The van der Waals surface area contributed by atoms with Gasteiger partial charge in [-0.05, 0) is 154 Å². The van der Waals surface area contributed by atoms with Crippen molar-refractivity contribution in [1.29, 1.82) is 0 Å². The van der Waals surface area contributed by atoms with Crippen LogP contribution in [0.1, 0.15) is 92.0 Å². The zero-order valence-electron chi connectivity index (χ0n) is 56.7. The predicted molar refractivity (Wildman–Crippen MR) is 363 cm³/mol. The summed E-state index contributed by atoms with van der Waals surface area (Å²) in [5.74, 6) is -9.68. The molecule has 0 radical (unpaired) electrons. The van der Waals surface area contributed by atoms with Crippen molar-refractivity contribution in [1.82, 2.24) is 0 Å². The Hall–Kier alpha value is -5.46. The highest BCUT2D eigenvalue weighted by Crippen LogP contribution is 2.69. The van der Waals surface area contributed by atoms with Gasteiger partial charge in [0.25, 0.3) is 0 Å². The maximum absolute atomic E-state index is 15.5. The fourth-order valence-corrected chi connectivity index (χ4v) is 28.3. The quantitative estimate of drug-likeness (QED) is 0.112. The lowest BCUT2D eigenvalue weighted by molar-refractivity contribution is -0.138. The summed E-state index contributed by atoms with van der Waals surface area (Å²) in [6.45, 7) is 3.53. The van der Waals surface area contributed by atoms with Crippen LogP contribution in [0.2, 0.25) is 5.02 Å². The fraction of sp³-hybridized carbons (Fsp3) is 0.471. The Kier molecular flexibility index (Phi) is 20.4. The van der Waals surface area contributed by atoms with E-state index in [-0.39, 0.29) is 101 Å². The predicted octanol–water partition coefficient (Wildman–Crippen LogP) is 17.2. The Morgan fingerprint density at radius 1 is 0.396 bits per heavy atom. The highest BCUT2D eigenvalue weighted by atomic mass is 35.5. The Morgan fingerprint density at radius 3 is 1.00 bits per heavy atom. The molecule has 3 aliphatic carbocycles. The standard InChI is InChI=1S/C24H26ClF2O5PS.2C23H22F5O6PS/c1-33(2)31-13-12-23(15-32-33)10-3-11-24(34(28,29)17-6-4-16(25)5-7-17)20(23)14-30-22-19(27)9-8-18(26)21(22)24;2*1-35(29)33-12-21(13-34-35)9-2-10-22(18(21)11-32-20-17(25)8-7-16(24)19(20)22)36(30,31)15-5-3-14(4-6-15)23(26,27)28/h4-9,20H,1,3,10-15H2,2H3;2*3-8,18H,2,9-13H2,1H3/t20-,23+,24-,33?;2*18-,21?,22-,35?/m000/s1. The molecule has 6 aliphatic heterocycles. The number of ether oxygens (including phenoxy) is 3. The first-order valence-electron chi connectivity index (χ1n) is 33.4. The van der Waals surface area contributed by atoms with Crippen LogP contribution in [-0.4, -0.2) is 111 Å². The van der Waals surface area contributed by atoms with E-state index in [2.05, 4.69) is 6.30 Å². The van der Waals surface area contributed by atoms with Crippen LogP contribution in [0, 0.1) is 68.9 Å². The summed E-state index contributed by atoms with van der Waals surface area (Å²) in [7, 11) is -22.6. The Balaban J connectivity index is 0.000000141. The number of sulfone groups is 3.